The number of nitrogens with one attached hydrogen (secondary N) is 1. The minimum absolute atomic E-state index is 0.0747. The summed E-state index contributed by atoms with van der Waals surface area (Å²) in [7, 11) is 0. The molecule has 6 heteroatoms. The van der Waals surface area contributed by atoms with Crippen LogP contribution < -0.4 is 10.2 Å². The van der Waals surface area contributed by atoms with Gasteiger partial charge in [0.05, 0.1) is 0 Å². The summed E-state index contributed by atoms with van der Waals surface area (Å²) >= 11 is 5.78. The fraction of sp³-hybridized carbons (Fsp3) is 0.450. The average Bonchev–Trinajstić information content (AvgIpc) is 2.68. The Balaban J connectivity index is 1.42. The Morgan fingerprint density at radius 2 is 1.92 bits per heavy atom. The van der Waals surface area contributed by atoms with Crippen molar-refractivity contribution in [3.05, 3.63) is 53.2 Å². The molecule has 0 aliphatic carbocycles. The molecular formula is C20H25ClN4O. The minimum atomic E-state index is 0.0747. The van der Waals surface area contributed by atoms with Crippen LogP contribution in [-0.4, -0.2) is 35.2 Å². The van der Waals surface area contributed by atoms with Gasteiger partial charge in [-0.2, -0.15) is 0 Å². The van der Waals surface area contributed by atoms with Crippen molar-refractivity contribution < 1.29 is 4.79 Å². The molecule has 138 valence electrons. The molecule has 1 aliphatic rings. The van der Waals surface area contributed by atoms with Gasteiger partial charge in [0.25, 0.3) is 0 Å². The van der Waals surface area contributed by atoms with Gasteiger partial charge in [0.2, 0.25) is 5.91 Å². The summed E-state index contributed by atoms with van der Waals surface area (Å²) in [5, 5.41) is 11.6. The van der Waals surface area contributed by atoms with Gasteiger partial charge in [0, 0.05) is 25.0 Å². The molecule has 1 fully saturated rings. The number of benzene rings is 1. The second kappa shape index (κ2) is 8.99. The lowest BCUT2D eigenvalue weighted by atomic mass is 9.95. The number of anilines is 1. The molecule has 0 bridgehead atoms. The first-order valence-electron chi connectivity index (χ1n) is 9.20. The number of carbonyl (C=O) groups is 1. The van der Waals surface area contributed by atoms with Crippen molar-refractivity contribution in [2.45, 2.75) is 38.6 Å². The van der Waals surface area contributed by atoms with Crippen LogP contribution in [0.25, 0.3) is 0 Å². The second-order valence-electron chi connectivity index (χ2n) is 6.91. The van der Waals surface area contributed by atoms with Crippen molar-refractivity contribution in [3.8, 4) is 0 Å². The van der Waals surface area contributed by atoms with Gasteiger partial charge in [0.15, 0.2) is 11.0 Å². The number of aromatic nitrogens is 2. The summed E-state index contributed by atoms with van der Waals surface area (Å²) in [5.74, 6) is 1.07. The third-order valence-corrected chi connectivity index (χ3v) is 5.11. The van der Waals surface area contributed by atoms with Crippen LogP contribution >= 0.6 is 11.6 Å². The number of amides is 1. The highest BCUT2D eigenvalue weighted by Gasteiger charge is 2.26. The van der Waals surface area contributed by atoms with E-state index in [1.807, 2.05) is 12.1 Å². The Hall–Kier alpha value is -2.14. The molecular weight excluding hydrogens is 348 g/mol. The van der Waals surface area contributed by atoms with Crippen LogP contribution in [0.1, 0.15) is 31.7 Å². The highest BCUT2D eigenvalue weighted by atomic mass is 35.5. The van der Waals surface area contributed by atoms with Gasteiger partial charge in [-0.25, -0.2) is 0 Å². The first-order chi connectivity index (χ1) is 12.6. The third-order valence-electron chi connectivity index (χ3n) is 4.91. The number of nitrogens with zero attached hydrogens (tertiary/aromatic N) is 3. The van der Waals surface area contributed by atoms with E-state index in [-0.39, 0.29) is 17.9 Å². The number of piperidine rings is 1. The maximum absolute atomic E-state index is 12.5. The molecule has 2 aromatic rings. The lowest BCUT2D eigenvalue weighted by molar-refractivity contribution is -0.126. The van der Waals surface area contributed by atoms with Crippen molar-refractivity contribution in [1.82, 2.24) is 15.5 Å². The molecule has 1 saturated heterocycles. The monoisotopic (exact) mass is 372 g/mol. The fourth-order valence-electron chi connectivity index (χ4n) is 3.31. The molecule has 1 N–H and O–H groups in total. The van der Waals surface area contributed by atoms with Gasteiger partial charge >= 0.3 is 0 Å². The van der Waals surface area contributed by atoms with E-state index < -0.39 is 0 Å². The van der Waals surface area contributed by atoms with Crippen LogP contribution in [0.4, 0.5) is 5.82 Å². The first-order valence-corrected chi connectivity index (χ1v) is 9.58. The van der Waals surface area contributed by atoms with Gasteiger partial charge in [-0.1, -0.05) is 41.9 Å². The maximum Gasteiger partial charge on any atom is 0.223 e. The standard InChI is InChI=1S/C20H25ClN4O/c1-15(7-8-16-5-3-2-4-6-16)22-20(26)17-11-13-25(14-12-17)19-10-9-18(21)23-24-19/h2-6,9-10,15,17H,7-8,11-14H2,1H3,(H,22,26)/t15-/m1/s1. The van der Waals surface area contributed by atoms with Crippen LogP contribution in [0.2, 0.25) is 5.15 Å². The van der Waals surface area contributed by atoms with E-state index in [0.717, 1.165) is 44.6 Å². The SMILES string of the molecule is C[C@H](CCc1ccccc1)NC(=O)C1CCN(c2ccc(Cl)nn2)CC1. The molecule has 0 saturated carbocycles. The third kappa shape index (κ3) is 5.18. The van der Waals surface area contributed by atoms with E-state index >= 15 is 0 Å². The van der Waals surface area contributed by atoms with Crippen molar-refractivity contribution in [1.29, 1.82) is 0 Å². The molecule has 1 aromatic heterocycles. The minimum Gasteiger partial charge on any atom is -0.355 e. The number of carbonyl (C=O) groups excluding carboxylic acids is 1. The van der Waals surface area contributed by atoms with E-state index in [0.29, 0.717) is 5.15 Å². The first kappa shape index (κ1) is 18.6. The molecule has 3 rings (SSSR count). The Labute approximate surface area is 159 Å². The molecule has 0 radical (unpaired) electrons. The largest absolute Gasteiger partial charge is 0.355 e. The molecule has 1 amide bonds. The molecule has 2 heterocycles. The molecule has 0 unspecified atom stereocenters. The van der Waals surface area contributed by atoms with E-state index in [1.165, 1.54) is 5.56 Å². The van der Waals surface area contributed by atoms with Crippen LogP contribution in [0.5, 0.6) is 0 Å². The summed E-state index contributed by atoms with van der Waals surface area (Å²) in [4.78, 5) is 14.7. The topological polar surface area (TPSA) is 58.1 Å². The quantitative estimate of drug-likeness (QED) is 0.843. The molecule has 26 heavy (non-hydrogen) atoms. The predicted octanol–water partition coefficient (Wildman–Crippen LogP) is 3.48. The van der Waals surface area contributed by atoms with Crippen molar-refractivity contribution >= 4 is 23.3 Å². The van der Waals surface area contributed by atoms with Crippen molar-refractivity contribution in [2.75, 3.05) is 18.0 Å². The number of rotatable bonds is 6. The van der Waals surface area contributed by atoms with Gasteiger partial charge in [0.1, 0.15) is 0 Å². The van der Waals surface area contributed by atoms with Crippen LogP contribution in [0, 0.1) is 5.92 Å². The number of hydrogen-bond acceptors (Lipinski definition) is 4. The summed E-state index contributed by atoms with van der Waals surface area (Å²) in [6.45, 7) is 3.71. The summed E-state index contributed by atoms with van der Waals surface area (Å²) in [5.41, 5.74) is 1.31. The van der Waals surface area contributed by atoms with E-state index in [1.54, 1.807) is 6.07 Å². The Morgan fingerprint density at radius 3 is 2.58 bits per heavy atom. The van der Waals surface area contributed by atoms with Gasteiger partial charge in [-0.3, -0.25) is 4.79 Å². The molecule has 1 aromatic carbocycles. The van der Waals surface area contributed by atoms with Gasteiger partial charge in [-0.15, -0.1) is 10.2 Å². The zero-order valence-corrected chi connectivity index (χ0v) is 15.8. The normalized spacial score (nSPS) is 16.3. The van der Waals surface area contributed by atoms with Crippen LogP contribution in [0.15, 0.2) is 42.5 Å². The Morgan fingerprint density at radius 1 is 1.19 bits per heavy atom. The van der Waals surface area contributed by atoms with Crippen molar-refractivity contribution in [3.63, 3.8) is 0 Å². The summed E-state index contributed by atoms with van der Waals surface area (Å²) in [6.07, 6.45) is 3.61. The molecule has 1 atom stereocenters. The van der Waals surface area contributed by atoms with E-state index in [2.05, 4.69) is 51.6 Å². The average molecular weight is 373 g/mol. The fourth-order valence-corrected chi connectivity index (χ4v) is 3.41. The number of hydrogen-bond donors (Lipinski definition) is 1. The summed E-state index contributed by atoms with van der Waals surface area (Å²) in [6, 6.07) is 14.2. The smallest absolute Gasteiger partial charge is 0.223 e. The zero-order chi connectivity index (χ0) is 18.4. The Bertz CT molecular complexity index is 700. The van der Waals surface area contributed by atoms with Crippen LogP contribution in [0.3, 0.4) is 0 Å². The summed E-state index contributed by atoms with van der Waals surface area (Å²) < 4.78 is 0. The highest BCUT2D eigenvalue weighted by molar-refractivity contribution is 6.29. The van der Waals surface area contributed by atoms with E-state index in [4.69, 9.17) is 11.6 Å². The Kier molecular flexibility index (Phi) is 6.45. The van der Waals surface area contributed by atoms with Gasteiger partial charge in [-0.05, 0) is 50.3 Å². The zero-order valence-electron chi connectivity index (χ0n) is 15.1. The highest BCUT2D eigenvalue weighted by Crippen LogP contribution is 2.22. The number of halogens is 1. The lowest BCUT2D eigenvalue weighted by Crippen LogP contribution is -2.43. The van der Waals surface area contributed by atoms with Gasteiger partial charge < -0.3 is 10.2 Å². The van der Waals surface area contributed by atoms with Crippen LogP contribution in [-0.2, 0) is 11.2 Å². The second-order valence-corrected chi connectivity index (χ2v) is 7.30. The lowest BCUT2D eigenvalue weighted by Gasteiger charge is -2.32. The van der Waals surface area contributed by atoms with E-state index in [9.17, 15) is 4.79 Å². The van der Waals surface area contributed by atoms with Crippen molar-refractivity contribution in [2.24, 2.45) is 5.92 Å². The predicted molar refractivity (Wildman–Crippen MR) is 104 cm³/mol. The molecule has 1 aliphatic heterocycles. The molecule has 0 spiro atoms. The number of aryl methyl sites for hydroxylation is 1. The maximum atomic E-state index is 12.5. The molecule has 5 nitrogen and oxygen atoms in total.